The van der Waals surface area contributed by atoms with Gasteiger partial charge in [-0.2, -0.15) is 11.3 Å². The molecule has 0 aromatic carbocycles. The number of H-pyrrole nitrogens is 1. The molecule has 84 valence electrons. The number of aromatic amines is 1. The van der Waals surface area contributed by atoms with Crippen molar-refractivity contribution in [3.63, 3.8) is 0 Å². The molecule has 0 spiro atoms. The highest BCUT2D eigenvalue weighted by Crippen LogP contribution is 2.09. The van der Waals surface area contributed by atoms with E-state index in [-0.39, 0.29) is 11.2 Å². The van der Waals surface area contributed by atoms with E-state index in [4.69, 9.17) is 5.73 Å². The first-order chi connectivity index (χ1) is 7.77. The zero-order chi connectivity index (χ0) is 11.4. The van der Waals surface area contributed by atoms with Gasteiger partial charge in [0.15, 0.2) is 5.82 Å². The van der Waals surface area contributed by atoms with Gasteiger partial charge in [0.2, 0.25) is 0 Å². The lowest BCUT2D eigenvalue weighted by Gasteiger charge is -2.05. The second-order valence-corrected chi connectivity index (χ2v) is 4.08. The maximum absolute atomic E-state index is 11.2. The quantitative estimate of drug-likeness (QED) is 0.741. The van der Waals surface area contributed by atoms with Gasteiger partial charge < -0.3 is 16.0 Å². The lowest BCUT2D eigenvalue weighted by molar-refractivity contribution is 1.00. The molecule has 2 rings (SSSR count). The highest BCUT2D eigenvalue weighted by atomic mass is 32.1. The summed E-state index contributed by atoms with van der Waals surface area (Å²) in [6.07, 6.45) is 2.23. The number of nitrogens with two attached hydrogens (primary N) is 1. The van der Waals surface area contributed by atoms with Gasteiger partial charge in [-0.25, -0.2) is 4.98 Å². The van der Waals surface area contributed by atoms with Gasteiger partial charge in [-0.3, -0.25) is 4.79 Å². The number of rotatable bonds is 4. The Labute approximate surface area is 96.3 Å². The number of hydrogen-bond donors (Lipinski definition) is 3. The fourth-order valence-corrected chi connectivity index (χ4v) is 2.01. The van der Waals surface area contributed by atoms with E-state index in [1.54, 1.807) is 11.3 Å². The minimum atomic E-state index is -0.312. The Morgan fingerprint density at radius 2 is 2.44 bits per heavy atom. The predicted molar refractivity (Wildman–Crippen MR) is 65.8 cm³/mol. The van der Waals surface area contributed by atoms with Crippen molar-refractivity contribution in [2.24, 2.45) is 0 Å². The van der Waals surface area contributed by atoms with Crippen molar-refractivity contribution in [1.82, 2.24) is 9.97 Å². The third kappa shape index (κ3) is 2.40. The van der Waals surface area contributed by atoms with Crippen LogP contribution in [0.2, 0.25) is 0 Å². The van der Waals surface area contributed by atoms with Crippen LogP contribution in [0.15, 0.2) is 27.9 Å². The van der Waals surface area contributed by atoms with Crippen LogP contribution in [0.5, 0.6) is 0 Å². The third-order valence-electron chi connectivity index (χ3n) is 2.18. The van der Waals surface area contributed by atoms with E-state index in [1.807, 2.05) is 5.38 Å². The molecule has 0 saturated heterocycles. The molecule has 0 atom stereocenters. The Balaban J connectivity index is 1.95. The van der Waals surface area contributed by atoms with Gasteiger partial charge in [-0.15, -0.1) is 0 Å². The maximum atomic E-state index is 11.2. The second-order valence-electron chi connectivity index (χ2n) is 3.30. The lowest BCUT2D eigenvalue weighted by Crippen LogP contribution is -2.17. The van der Waals surface area contributed by atoms with Crippen LogP contribution >= 0.6 is 11.3 Å². The molecule has 0 bridgehead atoms. The summed E-state index contributed by atoms with van der Waals surface area (Å²) in [4.78, 5) is 17.6. The molecule has 0 fully saturated rings. The van der Waals surface area contributed by atoms with Gasteiger partial charge in [-0.1, -0.05) is 0 Å². The molecule has 2 heterocycles. The van der Waals surface area contributed by atoms with Crippen molar-refractivity contribution < 1.29 is 0 Å². The summed E-state index contributed by atoms with van der Waals surface area (Å²) >= 11 is 1.67. The lowest BCUT2D eigenvalue weighted by atomic mass is 10.2. The first kappa shape index (κ1) is 10.7. The summed E-state index contributed by atoms with van der Waals surface area (Å²) in [6, 6.07) is 2.07. The highest BCUT2D eigenvalue weighted by molar-refractivity contribution is 7.07. The van der Waals surface area contributed by atoms with Crippen LogP contribution < -0.4 is 16.6 Å². The topological polar surface area (TPSA) is 83.8 Å². The number of hydrogen-bond acceptors (Lipinski definition) is 5. The van der Waals surface area contributed by atoms with E-state index in [2.05, 4.69) is 26.7 Å². The van der Waals surface area contributed by atoms with Crippen LogP contribution in [0.3, 0.4) is 0 Å². The first-order valence-corrected chi connectivity index (χ1v) is 5.80. The van der Waals surface area contributed by atoms with Crippen LogP contribution in [-0.4, -0.2) is 16.5 Å². The number of aromatic nitrogens is 2. The molecule has 2 aromatic heterocycles. The molecule has 2 aromatic rings. The molecule has 6 heteroatoms. The monoisotopic (exact) mass is 236 g/mol. The van der Waals surface area contributed by atoms with E-state index >= 15 is 0 Å². The summed E-state index contributed by atoms with van der Waals surface area (Å²) in [5.41, 5.74) is 6.66. The molecule has 0 amide bonds. The molecule has 0 aliphatic rings. The molecular formula is C10H12N4OS. The Morgan fingerprint density at radius 1 is 1.56 bits per heavy atom. The number of anilines is 2. The van der Waals surface area contributed by atoms with Crippen LogP contribution in [-0.2, 0) is 6.42 Å². The molecule has 16 heavy (non-hydrogen) atoms. The Bertz CT molecular complexity index is 506. The van der Waals surface area contributed by atoms with E-state index in [9.17, 15) is 4.79 Å². The predicted octanol–water partition coefficient (Wildman–Crippen LogP) is 1.07. The van der Waals surface area contributed by atoms with Crippen molar-refractivity contribution >= 4 is 22.8 Å². The molecule has 5 nitrogen and oxygen atoms in total. The smallest absolute Gasteiger partial charge is 0.276 e. The SMILES string of the molecule is Nc1c(NCCc2ccsc2)nc[nH]c1=O. The van der Waals surface area contributed by atoms with Crippen LogP contribution in [0, 0.1) is 0 Å². The van der Waals surface area contributed by atoms with Gasteiger partial charge >= 0.3 is 0 Å². The molecule has 0 unspecified atom stereocenters. The second kappa shape index (κ2) is 4.80. The maximum Gasteiger partial charge on any atom is 0.276 e. The van der Waals surface area contributed by atoms with Crippen molar-refractivity contribution in [2.45, 2.75) is 6.42 Å². The van der Waals surface area contributed by atoms with Crippen LogP contribution in [0.4, 0.5) is 11.5 Å². The van der Waals surface area contributed by atoms with Gasteiger partial charge in [0, 0.05) is 6.54 Å². The fraction of sp³-hybridized carbons (Fsp3) is 0.200. The van der Waals surface area contributed by atoms with Gasteiger partial charge in [-0.05, 0) is 28.8 Å². The number of nitrogens with zero attached hydrogens (tertiary/aromatic N) is 1. The van der Waals surface area contributed by atoms with E-state index in [0.29, 0.717) is 12.4 Å². The number of thiophene rings is 1. The van der Waals surface area contributed by atoms with E-state index < -0.39 is 0 Å². The Kier molecular flexibility index (Phi) is 3.21. The summed E-state index contributed by atoms with van der Waals surface area (Å²) < 4.78 is 0. The van der Waals surface area contributed by atoms with E-state index in [0.717, 1.165) is 6.42 Å². The van der Waals surface area contributed by atoms with Crippen molar-refractivity contribution in [1.29, 1.82) is 0 Å². The van der Waals surface area contributed by atoms with Crippen LogP contribution in [0.1, 0.15) is 5.56 Å². The van der Waals surface area contributed by atoms with Crippen molar-refractivity contribution in [3.8, 4) is 0 Å². The molecule has 0 aliphatic carbocycles. The molecule has 0 radical (unpaired) electrons. The molecule has 0 saturated carbocycles. The Hall–Kier alpha value is -1.82. The fourth-order valence-electron chi connectivity index (χ4n) is 1.31. The zero-order valence-electron chi connectivity index (χ0n) is 8.56. The third-order valence-corrected chi connectivity index (χ3v) is 2.91. The summed E-state index contributed by atoms with van der Waals surface area (Å²) in [5, 5.41) is 7.17. The average Bonchev–Trinajstić information content (AvgIpc) is 2.77. The van der Waals surface area contributed by atoms with Gasteiger partial charge in [0.05, 0.1) is 6.33 Å². The summed E-state index contributed by atoms with van der Waals surface area (Å²) in [5.74, 6) is 0.443. The standard InChI is InChI=1S/C10H12N4OS/c11-8-9(13-6-14-10(8)15)12-3-1-7-2-4-16-5-7/h2,4-6H,1,3,11H2,(H2,12,13,14,15). The minimum Gasteiger partial charge on any atom is -0.391 e. The summed E-state index contributed by atoms with van der Waals surface area (Å²) in [7, 11) is 0. The molecular weight excluding hydrogens is 224 g/mol. The summed E-state index contributed by atoms with van der Waals surface area (Å²) in [6.45, 7) is 0.706. The van der Waals surface area contributed by atoms with Gasteiger partial charge in [0.1, 0.15) is 5.69 Å². The normalized spacial score (nSPS) is 10.2. The number of nitrogen functional groups attached to an aromatic ring is 1. The minimum absolute atomic E-state index is 0.132. The highest BCUT2D eigenvalue weighted by Gasteiger charge is 2.03. The van der Waals surface area contributed by atoms with Gasteiger partial charge in [0.25, 0.3) is 5.56 Å². The molecule has 4 N–H and O–H groups in total. The van der Waals surface area contributed by atoms with Crippen molar-refractivity contribution in [3.05, 3.63) is 39.1 Å². The Morgan fingerprint density at radius 3 is 3.19 bits per heavy atom. The largest absolute Gasteiger partial charge is 0.391 e. The van der Waals surface area contributed by atoms with E-state index in [1.165, 1.54) is 11.9 Å². The number of nitrogens with one attached hydrogen (secondary N) is 2. The average molecular weight is 236 g/mol. The first-order valence-electron chi connectivity index (χ1n) is 4.85. The van der Waals surface area contributed by atoms with Crippen LogP contribution in [0.25, 0.3) is 0 Å². The molecule has 0 aliphatic heterocycles. The zero-order valence-corrected chi connectivity index (χ0v) is 9.38. The van der Waals surface area contributed by atoms with Crippen molar-refractivity contribution in [2.75, 3.05) is 17.6 Å².